The maximum Gasteiger partial charge on any atom is 0.153 e. The fourth-order valence-corrected chi connectivity index (χ4v) is 2.79. The first-order valence-corrected chi connectivity index (χ1v) is 6.89. The van der Waals surface area contributed by atoms with E-state index in [-0.39, 0.29) is 0 Å². The fraction of sp³-hybridized carbons (Fsp3) is 0. The van der Waals surface area contributed by atoms with Gasteiger partial charge < -0.3 is 0 Å². The summed E-state index contributed by atoms with van der Waals surface area (Å²) in [6.45, 7) is 0. The molecule has 3 aromatic rings. The van der Waals surface area contributed by atoms with Gasteiger partial charge in [0, 0.05) is 6.20 Å². The maximum absolute atomic E-state index is 11.2. The van der Waals surface area contributed by atoms with Crippen molar-refractivity contribution in [3.05, 3.63) is 58.6 Å². The number of carbonyl (C=O) groups excluding carboxylic acids is 1. The average Bonchev–Trinajstić information content (AvgIpc) is 3.08. The molecular weight excluding hydrogens is 280 g/mol. The molecule has 0 spiro atoms. The summed E-state index contributed by atoms with van der Waals surface area (Å²) >= 11 is 7.69. The van der Waals surface area contributed by atoms with E-state index in [1.54, 1.807) is 28.3 Å². The number of nitrogens with zero attached hydrogens (tertiary/aromatic N) is 2. The third-order valence-electron chi connectivity index (χ3n) is 2.72. The lowest BCUT2D eigenvalue weighted by Crippen LogP contribution is -1.95. The summed E-state index contributed by atoms with van der Waals surface area (Å²) in [6.07, 6.45) is 2.51. The summed E-state index contributed by atoms with van der Waals surface area (Å²) in [4.78, 5) is 12.1. The Hall–Kier alpha value is -1.91. The van der Waals surface area contributed by atoms with Crippen LogP contribution in [0.25, 0.3) is 16.3 Å². The molecular formula is C14H9ClN2OS. The second-order valence-corrected chi connectivity index (χ2v) is 5.28. The van der Waals surface area contributed by atoms with Crippen molar-refractivity contribution in [2.45, 2.75) is 0 Å². The highest BCUT2D eigenvalue weighted by Gasteiger charge is 2.13. The number of thiophene rings is 1. The van der Waals surface area contributed by atoms with Gasteiger partial charge in [-0.15, -0.1) is 11.3 Å². The van der Waals surface area contributed by atoms with Crippen LogP contribution in [0.2, 0.25) is 5.02 Å². The molecule has 5 heteroatoms. The summed E-state index contributed by atoms with van der Waals surface area (Å²) in [5.41, 5.74) is 2.00. The molecule has 0 atom stereocenters. The monoisotopic (exact) mass is 288 g/mol. The number of para-hydroxylation sites is 1. The van der Waals surface area contributed by atoms with E-state index in [0.29, 0.717) is 16.3 Å². The number of aromatic nitrogens is 2. The molecule has 19 heavy (non-hydrogen) atoms. The average molecular weight is 289 g/mol. The second-order valence-electron chi connectivity index (χ2n) is 3.92. The fourth-order valence-electron chi connectivity index (χ4n) is 1.84. The molecule has 0 bridgehead atoms. The molecule has 0 aliphatic heterocycles. The van der Waals surface area contributed by atoms with Gasteiger partial charge in [-0.25, -0.2) is 4.68 Å². The molecule has 0 amide bonds. The van der Waals surface area contributed by atoms with E-state index in [0.717, 1.165) is 16.9 Å². The van der Waals surface area contributed by atoms with Gasteiger partial charge in [-0.1, -0.05) is 29.8 Å². The normalized spacial score (nSPS) is 10.6. The number of rotatable bonds is 3. The highest BCUT2D eigenvalue weighted by Crippen LogP contribution is 2.28. The first kappa shape index (κ1) is 12.1. The predicted molar refractivity (Wildman–Crippen MR) is 77.3 cm³/mol. The van der Waals surface area contributed by atoms with Crippen molar-refractivity contribution >= 4 is 29.2 Å². The minimum Gasteiger partial charge on any atom is -0.298 e. The van der Waals surface area contributed by atoms with Gasteiger partial charge in [0.15, 0.2) is 6.29 Å². The van der Waals surface area contributed by atoms with E-state index in [1.165, 1.54) is 0 Å². The van der Waals surface area contributed by atoms with Crippen LogP contribution in [-0.4, -0.2) is 16.1 Å². The molecule has 0 aliphatic rings. The third kappa shape index (κ3) is 2.20. The van der Waals surface area contributed by atoms with E-state index < -0.39 is 0 Å². The molecule has 0 fully saturated rings. The molecule has 0 radical (unpaired) electrons. The lowest BCUT2D eigenvalue weighted by Gasteiger charge is -2.02. The molecule has 0 N–H and O–H groups in total. The SMILES string of the molecule is O=Cc1cn(-c2ccccc2Cl)nc1-c1cccs1. The number of carbonyl (C=O) groups is 1. The third-order valence-corrected chi connectivity index (χ3v) is 3.92. The molecule has 1 aromatic carbocycles. The first-order valence-electron chi connectivity index (χ1n) is 5.63. The van der Waals surface area contributed by atoms with Gasteiger partial charge in [0.2, 0.25) is 0 Å². The Morgan fingerprint density at radius 2 is 2.05 bits per heavy atom. The lowest BCUT2D eigenvalue weighted by molar-refractivity contribution is 0.112. The Labute approximate surface area is 119 Å². The Morgan fingerprint density at radius 3 is 2.74 bits per heavy atom. The van der Waals surface area contributed by atoms with Gasteiger partial charge in [-0.05, 0) is 23.6 Å². The van der Waals surface area contributed by atoms with Crippen molar-refractivity contribution < 1.29 is 4.79 Å². The van der Waals surface area contributed by atoms with E-state index >= 15 is 0 Å². The summed E-state index contributed by atoms with van der Waals surface area (Å²) in [7, 11) is 0. The molecule has 0 unspecified atom stereocenters. The summed E-state index contributed by atoms with van der Waals surface area (Å²) in [5.74, 6) is 0. The lowest BCUT2D eigenvalue weighted by atomic mass is 10.2. The Kier molecular flexibility index (Phi) is 3.19. The van der Waals surface area contributed by atoms with Crippen LogP contribution < -0.4 is 0 Å². The summed E-state index contributed by atoms with van der Waals surface area (Å²) in [5, 5.41) is 7.02. The standard InChI is InChI=1S/C14H9ClN2OS/c15-11-4-1-2-5-12(11)17-8-10(9-18)14(16-17)13-6-3-7-19-13/h1-9H. The van der Waals surface area contributed by atoms with Crippen molar-refractivity contribution in [2.75, 3.05) is 0 Å². The number of aldehydes is 1. The van der Waals surface area contributed by atoms with E-state index in [1.807, 2.05) is 35.7 Å². The van der Waals surface area contributed by atoms with Crippen LogP contribution in [-0.2, 0) is 0 Å². The Morgan fingerprint density at radius 1 is 1.21 bits per heavy atom. The van der Waals surface area contributed by atoms with Gasteiger partial charge in [0.05, 0.1) is 21.2 Å². The van der Waals surface area contributed by atoms with Gasteiger partial charge >= 0.3 is 0 Å². The van der Waals surface area contributed by atoms with Crippen molar-refractivity contribution in [3.8, 4) is 16.3 Å². The smallest absolute Gasteiger partial charge is 0.153 e. The number of benzene rings is 1. The molecule has 0 saturated heterocycles. The number of hydrogen-bond acceptors (Lipinski definition) is 3. The summed E-state index contributed by atoms with van der Waals surface area (Å²) < 4.78 is 1.64. The second kappa shape index (κ2) is 4.99. The van der Waals surface area contributed by atoms with Gasteiger partial charge in [-0.2, -0.15) is 5.10 Å². The minimum absolute atomic E-state index is 0.558. The maximum atomic E-state index is 11.2. The van der Waals surface area contributed by atoms with Crippen molar-refractivity contribution in [1.82, 2.24) is 9.78 Å². The molecule has 3 rings (SSSR count). The molecule has 2 aromatic heterocycles. The van der Waals surface area contributed by atoms with E-state index in [4.69, 9.17) is 11.6 Å². The largest absolute Gasteiger partial charge is 0.298 e. The molecule has 0 saturated carbocycles. The van der Waals surface area contributed by atoms with Crippen LogP contribution in [0, 0.1) is 0 Å². The zero-order valence-corrected chi connectivity index (χ0v) is 11.4. The van der Waals surface area contributed by atoms with Gasteiger partial charge in [0.25, 0.3) is 0 Å². The zero-order chi connectivity index (χ0) is 13.2. The van der Waals surface area contributed by atoms with Crippen LogP contribution in [0.3, 0.4) is 0 Å². The Bertz CT molecular complexity index is 719. The molecule has 3 nitrogen and oxygen atoms in total. The highest BCUT2D eigenvalue weighted by molar-refractivity contribution is 7.13. The van der Waals surface area contributed by atoms with Crippen LogP contribution in [0.1, 0.15) is 10.4 Å². The van der Waals surface area contributed by atoms with E-state index in [9.17, 15) is 4.79 Å². The van der Waals surface area contributed by atoms with E-state index in [2.05, 4.69) is 5.10 Å². The topological polar surface area (TPSA) is 34.9 Å². The van der Waals surface area contributed by atoms with Crippen molar-refractivity contribution in [2.24, 2.45) is 0 Å². The van der Waals surface area contributed by atoms with Crippen molar-refractivity contribution in [1.29, 1.82) is 0 Å². The quantitative estimate of drug-likeness (QED) is 0.681. The number of halogens is 1. The molecule has 94 valence electrons. The van der Waals surface area contributed by atoms with Gasteiger partial charge in [0.1, 0.15) is 5.69 Å². The zero-order valence-electron chi connectivity index (χ0n) is 9.79. The molecule has 0 aliphatic carbocycles. The van der Waals surface area contributed by atoms with Gasteiger partial charge in [-0.3, -0.25) is 4.79 Å². The molecule has 2 heterocycles. The number of hydrogen-bond donors (Lipinski definition) is 0. The Balaban J connectivity index is 2.15. The minimum atomic E-state index is 0.558. The van der Waals surface area contributed by atoms with Crippen LogP contribution in [0.15, 0.2) is 48.0 Å². The predicted octanol–water partition coefficient (Wildman–Crippen LogP) is 4.07. The van der Waals surface area contributed by atoms with Crippen LogP contribution >= 0.6 is 22.9 Å². The highest BCUT2D eigenvalue weighted by atomic mass is 35.5. The van der Waals surface area contributed by atoms with Crippen LogP contribution in [0.5, 0.6) is 0 Å². The first-order chi connectivity index (χ1) is 9.29. The van der Waals surface area contributed by atoms with Crippen molar-refractivity contribution in [3.63, 3.8) is 0 Å². The summed E-state index contributed by atoms with van der Waals surface area (Å²) in [6, 6.07) is 11.3. The van der Waals surface area contributed by atoms with Crippen LogP contribution in [0.4, 0.5) is 0 Å².